The molecular weight excluding hydrogens is 404 g/mol. The van der Waals surface area contributed by atoms with Crippen LogP contribution >= 0.6 is 0 Å². The van der Waals surface area contributed by atoms with Crippen molar-refractivity contribution in [3.05, 3.63) is 71.8 Å². The number of rotatable bonds is 10. The molecule has 1 fully saturated rings. The van der Waals surface area contributed by atoms with Gasteiger partial charge in [0.25, 0.3) is 0 Å². The number of nitrogens with two attached hydrogens (primary N) is 2. The molecule has 0 aliphatic heterocycles. The van der Waals surface area contributed by atoms with E-state index in [0.717, 1.165) is 36.8 Å². The molecule has 3 rings (SSSR count). The molecule has 32 heavy (non-hydrogen) atoms. The first kappa shape index (κ1) is 24.0. The van der Waals surface area contributed by atoms with Crippen LogP contribution in [0.5, 0.6) is 0 Å². The minimum Gasteiger partial charge on any atom is -0.464 e. The molecule has 0 aromatic heterocycles. The Kier molecular flexibility index (Phi) is 9.26. The fourth-order valence-corrected chi connectivity index (χ4v) is 4.08. The highest BCUT2D eigenvalue weighted by Crippen LogP contribution is 2.29. The Bertz CT molecular complexity index is 764. The lowest BCUT2D eigenvalue weighted by molar-refractivity contribution is -0.149. The van der Waals surface area contributed by atoms with Gasteiger partial charge >= 0.3 is 11.9 Å². The fraction of sp³-hybridized carbons (Fsp3) is 0.462. The number of esters is 2. The largest absolute Gasteiger partial charge is 0.464 e. The van der Waals surface area contributed by atoms with E-state index in [4.69, 9.17) is 20.9 Å². The molecular formula is C26H34N2O4. The van der Waals surface area contributed by atoms with Gasteiger partial charge in [0.15, 0.2) is 0 Å². The van der Waals surface area contributed by atoms with E-state index in [2.05, 4.69) is 0 Å². The van der Waals surface area contributed by atoms with Crippen molar-refractivity contribution < 1.29 is 19.1 Å². The van der Waals surface area contributed by atoms with Gasteiger partial charge in [0.1, 0.15) is 12.1 Å². The zero-order valence-electron chi connectivity index (χ0n) is 18.5. The van der Waals surface area contributed by atoms with Crippen molar-refractivity contribution in [3.63, 3.8) is 0 Å². The predicted molar refractivity (Wildman–Crippen MR) is 124 cm³/mol. The van der Waals surface area contributed by atoms with Gasteiger partial charge in [-0.15, -0.1) is 0 Å². The highest BCUT2D eigenvalue weighted by atomic mass is 16.5. The highest BCUT2D eigenvalue weighted by Gasteiger charge is 2.25. The number of hydrogen-bond donors (Lipinski definition) is 2. The molecule has 2 aromatic rings. The van der Waals surface area contributed by atoms with Crippen molar-refractivity contribution in [1.82, 2.24) is 0 Å². The van der Waals surface area contributed by atoms with Gasteiger partial charge in [-0.3, -0.25) is 9.59 Å². The van der Waals surface area contributed by atoms with E-state index in [-0.39, 0.29) is 11.9 Å². The second-order valence-corrected chi connectivity index (χ2v) is 8.74. The molecule has 4 N–H and O–H groups in total. The number of carbonyl (C=O) groups is 2. The fourth-order valence-electron chi connectivity index (χ4n) is 4.08. The smallest absolute Gasteiger partial charge is 0.323 e. The maximum Gasteiger partial charge on any atom is 0.323 e. The second kappa shape index (κ2) is 12.4. The average Bonchev–Trinajstić information content (AvgIpc) is 2.82. The quantitative estimate of drug-likeness (QED) is 0.553. The standard InChI is InChI=1S/C26H34N2O4/c27-23(15-19-7-3-1-4-8-19)25(29)31-17-21-11-13-22(14-12-21)18-32-26(30)24(28)16-20-9-5-2-6-10-20/h1-10,21-24H,11-18,27-28H2/t21?,22?,23-,24-/m1/s1. The van der Waals surface area contributed by atoms with Crippen molar-refractivity contribution in [2.45, 2.75) is 50.6 Å². The van der Waals surface area contributed by atoms with Crippen molar-refractivity contribution >= 4 is 11.9 Å². The van der Waals surface area contributed by atoms with E-state index in [1.54, 1.807) is 0 Å². The van der Waals surface area contributed by atoms with Crippen LogP contribution in [0.2, 0.25) is 0 Å². The molecule has 2 atom stereocenters. The summed E-state index contributed by atoms with van der Waals surface area (Å²) in [7, 11) is 0. The zero-order chi connectivity index (χ0) is 22.8. The summed E-state index contributed by atoms with van der Waals surface area (Å²) in [6.07, 6.45) is 4.73. The SMILES string of the molecule is N[C@H](Cc1ccccc1)C(=O)OCC1CCC(COC(=O)[C@H](N)Cc2ccccc2)CC1. The predicted octanol–water partition coefficient (Wildman–Crippen LogP) is 3.02. The van der Waals surface area contributed by atoms with E-state index < -0.39 is 12.1 Å². The topological polar surface area (TPSA) is 105 Å². The van der Waals surface area contributed by atoms with E-state index >= 15 is 0 Å². The average molecular weight is 439 g/mol. The molecule has 172 valence electrons. The molecule has 0 unspecified atom stereocenters. The Morgan fingerprint density at radius 3 is 1.38 bits per heavy atom. The minimum absolute atomic E-state index is 0.329. The summed E-state index contributed by atoms with van der Waals surface area (Å²) < 4.78 is 10.9. The molecule has 6 heteroatoms. The Morgan fingerprint density at radius 1 is 0.688 bits per heavy atom. The van der Waals surface area contributed by atoms with Gasteiger partial charge in [0.2, 0.25) is 0 Å². The molecule has 0 bridgehead atoms. The van der Waals surface area contributed by atoms with Crippen LogP contribution in [0, 0.1) is 11.8 Å². The van der Waals surface area contributed by atoms with Crippen LogP contribution in [0.4, 0.5) is 0 Å². The van der Waals surface area contributed by atoms with E-state index in [1.165, 1.54) is 0 Å². The molecule has 0 radical (unpaired) electrons. The Labute approximate surface area is 190 Å². The van der Waals surface area contributed by atoms with E-state index in [1.807, 2.05) is 60.7 Å². The summed E-state index contributed by atoms with van der Waals surface area (Å²) in [4.78, 5) is 24.4. The summed E-state index contributed by atoms with van der Waals surface area (Å²) in [5.41, 5.74) is 14.0. The first-order chi connectivity index (χ1) is 15.5. The van der Waals surface area contributed by atoms with Crippen molar-refractivity contribution in [2.24, 2.45) is 23.3 Å². The third kappa shape index (κ3) is 7.77. The Hall–Kier alpha value is -2.70. The third-order valence-electron chi connectivity index (χ3n) is 6.09. The van der Waals surface area contributed by atoms with Crippen LogP contribution in [-0.4, -0.2) is 37.2 Å². The third-order valence-corrected chi connectivity index (χ3v) is 6.09. The highest BCUT2D eigenvalue weighted by molar-refractivity contribution is 5.76. The Balaban J connectivity index is 1.30. The van der Waals surface area contributed by atoms with Crippen LogP contribution in [0.25, 0.3) is 0 Å². The van der Waals surface area contributed by atoms with Gasteiger partial charge in [0, 0.05) is 0 Å². The number of benzene rings is 2. The summed E-state index contributed by atoms with van der Waals surface area (Å²) >= 11 is 0. The van der Waals surface area contributed by atoms with Gasteiger partial charge < -0.3 is 20.9 Å². The van der Waals surface area contributed by atoms with Crippen LogP contribution in [0.15, 0.2) is 60.7 Å². The van der Waals surface area contributed by atoms with Gasteiger partial charge in [-0.2, -0.15) is 0 Å². The van der Waals surface area contributed by atoms with Crippen LogP contribution < -0.4 is 11.5 Å². The maximum absolute atomic E-state index is 12.2. The lowest BCUT2D eigenvalue weighted by Gasteiger charge is -2.28. The molecule has 0 amide bonds. The van der Waals surface area contributed by atoms with E-state index in [9.17, 15) is 9.59 Å². The first-order valence-corrected chi connectivity index (χ1v) is 11.4. The number of ether oxygens (including phenoxy) is 2. The summed E-state index contributed by atoms with van der Waals surface area (Å²) in [6.45, 7) is 0.797. The molecule has 2 aromatic carbocycles. The Morgan fingerprint density at radius 2 is 1.03 bits per heavy atom. The lowest BCUT2D eigenvalue weighted by Crippen LogP contribution is -2.36. The molecule has 1 aliphatic carbocycles. The number of carbonyl (C=O) groups excluding carboxylic acids is 2. The van der Waals surface area contributed by atoms with Crippen molar-refractivity contribution in [1.29, 1.82) is 0 Å². The van der Waals surface area contributed by atoms with Crippen molar-refractivity contribution in [2.75, 3.05) is 13.2 Å². The summed E-state index contributed by atoms with van der Waals surface area (Å²) in [5.74, 6) is -0.0417. The lowest BCUT2D eigenvalue weighted by atomic mass is 9.83. The molecule has 1 saturated carbocycles. The first-order valence-electron chi connectivity index (χ1n) is 11.4. The number of hydrogen-bond acceptors (Lipinski definition) is 6. The molecule has 1 aliphatic rings. The van der Waals surface area contributed by atoms with Gasteiger partial charge in [0.05, 0.1) is 13.2 Å². The minimum atomic E-state index is -0.645. The van der Waals surface area contributed by atoms with Crippen LogP contribution in [-0.2, 0) is 31.9 Å². The molecule has 6 nitrogen and oxygen atoms in total. The molecule has 0 spiro atoms. The van der Waals surface area contributed by atoms with E-state index in [0.29, 0.717) is 37.9 Å². The van der Waals surface area contributed by atoms with Gasteiger partial charge in [-0.25, -0.2) is 0 Å². The summed E-state index contributed by atoms with van der Waals surface area (Å²) in [5, 5.41) is 0. The molecule has 0 saturated heterocycles. The maximum atomic E-state index is 12.2. The normalized spacial score (nSPS) is 20.2. The van der Waals surface area contributed by atoms with Crippen LogP contribution in [0.1, 0.15) is 36.8 Å². The zero-order valence-corrected chi connectivity index (χ0v) is 18.5. The molecule has 0 heterocycles. The second-order valence-electron chi connectivity index (χ2n) is 8.74. The van der Waals surface area contributed by atoms with Crippen LogP contribution in [0.3, 0.4) is 0 Å². The monoisotopic (exact) mass is 438 g/mol. The van der Waals surface area contributed by atoms with Crippen molar-refractivity contribution in [3.8, 4) is 0 Å². The van der Waals surface area contributed by atoms with Gasteiger partial charge in [-0.1, -0.05) is 60.7 Å². The van der Waals surface area contributed by atoms with Gasteiger partial charge in [-0.05, 0) is 61.5 Å². The summed E-state index contributed by atoms with van der Waals surface area (Å²) in [6, 6.07) is 18.1.